The summed E-state index contributed by atoms with van der Waals surface area (Å²) in [5, 5.41) is 11.8. The van der Waals surface area contributed by atoms with E-state index in [1.165, 1.54) is 18.6 Å². The van der Waals surface area contributed by atoms with Gasteiger partial charge >= 0.3 is 0 Å². The van der Waals surface area contributed by atoms with Crippen molar-refractivity contribution in [1.82, 2.24) is 25.3 Å². The first-order valence-corrected chi connectivity index (χ1v) is 13.0. The molecule has 2 fully saturated rings. The number of anilines is 1. The average molecular weight is 525 g/mol. The molecule has 2 saturated heterocycles. The Balaban J connectivity index is 1.41. The number of benzene rings is 1. The van der Waals surface area contributed by atoms with Crippen LogP contribution < -0.4 is 10.2 Å². The van der Waals surface area contributed by atoms with Crippen molar-refractivity contribution in [3.8, 4) is 22.6 Å². The van der Waals surface area contributed by atoms with Crippen molar-refractivity contribution in [3.05, 3.63) is 48.2 Å². The van der Waals surface area contributed by atoms with Gasteiger partial charge in [-0.15, -0.1) is 0 Å². The lowest BCUT2D eigenvalue weighted by molar-refractivity contribution is -0.231. The zero-order valence-corrected chi connectivity index (χ0v) is 21.5. The standard InChI is InChI=1S/C27H33FN6O4/c1-27(25(36)29-11-5-15-35)16-37-24(38-17-27)23-32-21(18-6-8-19(28)9-7-18)22(33-23)20-10-12-30-26(31-20)34-13-3-2-4-14-34/h6-10,12,24,35H,2-5,11,13-17H2,1H3,(H,29,36)(H,32,33). The number of nitrogens with one attached hydrogen (secondary N) is 2. The highest BCUT2D eigenvalue weighted by atomic mass is 19.1. The second-order valence-corrected chi connectivity index (χ2v) is 9.99. The fourth-order valence-electron chi connectivity index (χ4n) is 4.63. The number of aromatic amines is 1. The number of imidazole rings is 1. The minimum atomic E-state index is -0.864. The summed E-state index contributed by atoms with van der Waals surface area (Å²) in [4.78, 5) is 32.2. The Hall–Kier alpha value is -3.41. The number of aromatic nitrogens is 4. The number of nitrogens with zero attached hydrogens (tertiary/aromatic N) is 4. The third kappa shape index (κ3) is 5.69. The molecule has 0 unspecified atom stereocenters. The van der Waals surface area contributed by atoms with E-state index in [1.54, 1.807) is 25.3 Å². The number of aliphatic hydroxyl groups is 1. The van der Waals surface area contributed by atoms with Gasteiger partial charge < -0.3 is 29.8 Å². The highest BCUT2D eigenvalue weighted by molar-refractivity contribution is 5.82. The van der Waals surface area contributed by atoms with Crippen LogP contribution in [0.3, 0.4) is 0 Å². The monoisotopic (exact) mass is 524 g/mol. The number of piperidine rings is 1. The van der Waals surface area contributed by atoms with Crippen LogP contribution in [-0.4, -0.2) is 70.4 Å². The van der Waals surface area contributed by atoms with Crippen LogP contribution in [0.1, 0.15) is 44.7 Å². The van der Waals surface area contributed by atoms with Gasteiger partial charge in [0.15, 0.2) is 5.82 Å². The number of rotatable bonds is 8. The molecule has 11 heteroatoms. The SMILES string of the molecule is CC1(C(=O)NCCCO)COC(c2nc(-c3ccc(F)cc3)c(-c3ccnc(N4CCCCC4)n3)[nH]2)OC1. The summed E-state index contributed by atoms with van der Waals surface area (Å²) in [6, 6.07) is 7.93. The van der Waals surface area contributed by atoms with Crippen LogP contribution in [0.15, 0.2) is 36.5 Å². The van der Waals surface area contributed by atoms with Crippen LogP contribution in [0, 0.1) is 11.2 Å². The van der Waals surface area contributed by atoms with Crippen molar-refractivity contribution in [2.75, 3.05) is 44.4 Å². The van der Waals surface area contributed by atoms with Crippen LogP contribution in [0.2, 0.25) is 0 Å². The number of H-pyrrole nitrogens is 1. The molecule has 0 atom stereocenters. The van der Waals surface area contributed by atoms with Gasteiger partial charge in [0.25, 0.3) is 0 Å². The van der Waals surface area contributed by atoms with Crippen molar-refractivity contribution in [2.24, 2.45) is 5.41 Å². The fourth-order valence-corrected chi connectivity index (χ4v) is 4.63. The van der Waals surface area contributed by atoms with Crippen molar-refractivity contribution < 1.29 is 23.8 Å². The molecular formula is C27H33FN6O4. The Morgan fingerprint density at radius 3 is 2.61 bits per heavy atom. The van der Waals surface area contributed by atoms with E-state index >= 15 is 0 Å². The average Bonchev–Trinajstić information content (AvgIpc) is 3.40. The molecule has 10 nitrogen and oxygen atoms in total. The number of halogens is 1. The van der Waals surface area contributed by atoms with Gasteiger partial charge in [0.1, 0.15) is 5.82 Å². The summed E-state index contributed by atoms with van der Waals surface area (Å²) >= 11 is 0. The number of carbonyl (C=O) groups is 1. The van der Waals surface area contributed by atoms with Crippen molar-refractivity contribution in [3.63, 3.8) is 0 Å². The first-order chi connectivity index (χ1) is 18.5. The first kappa shape index (κ1) is 26.2. The molecule has 0 spiro atoms. The van der Waals surface area contributed by atoms with Crippen molar-refractivity contribution in [2.45, 2.75) is 38.9 Å². The van der Waals surface area contributed by atoms with E-state index in [0.717, 1.165) is 25.9 Å². The molecule has 38 heavy (non-hydrogen) atoms. The van der Waals surface area contributed by atoms with E-state index in [1.807, 2.05) is 6.07 Å². The molecule has 202 valence electrons. The molecule has 1 aromatic carbocycles. The topological polar surface area (TPSA) is 125 Å². The third-order valence-corrected chi connectivity index (χ3v) is 6.88. The Labute approximate surface area is 220 Å². The molecular weight excluding hydrogens is 491 g/mol. The van der Waals surface area contributed by atoms with Gasteiger partial charge in [0.2, 0.25) is 18.1 Å². The highest BCUT2D eigenvalue weighted by Gasteiger charge is 2.40. The zero-order valence-electron chi connectivity index (χ0n) is 21.5. The van der Waals surface area contributed by atoms with E-state index in [0.29, 0.717) is 47.4 Å². The normalized spacial score (nSPS) is 21.9. The lowest BCUT2D eigenvalue weighted by atomic mass is 9.91. The van der Waals surface area contributed by atoms with E-state index in [2.05, 4.69) is 20.2 Å². The summed E-state index contributed by atoms with van der Waals surface area (Å²) in [5.41, 5.74) is 1.74. The number of ether oxygens (including phenoxy) is 2. The molecule has 0 bridgehead atoms. The number of carbonyl (C=O) groups excluding carboxylic acids is 1. The summed E-state index contributed by atoms with van der Waals surface area (Å²) in [7, 11) is 0. The van der Waals surface area contributed by atoms with Crippen LogP contribution >= 0.6 is 0 Å². The summed E-state index contributed by atoms with van der Waals surface area (Å²) in [5.74, 6) is 0.565. The summed E-state index contributed by atoms with van der Waals surface area (Å²) in [6.07, 6.45) is 4.82. The molecule has 2 aliphatic heterocycles. The molecule has 5 rings (SSSR count). The van der Waals surface area contributed by atoms with Gasteiger partial charge in [-0.25, -0.2) is 19.3 Å². The molecule has 0 aliphatic carbocycles. The number of amides is 1. The Morgan fingerprint density at radius 2 is 1.89 bits per heavy atom. The van der Waals surface area contributed by atoms with E-state index in [-0.39, 0.29) is 31.5 Å². The predicted octanol–water partition coefficient (Wildman–Crippen LogP) is 3.21. The van der Waals surface area contributed by atoms with Gasteiger partial charge in [-0.2, -0.15) is 0 Å². The number of aliphatic hydroxyl groups excluding tert-OH is 1. The predicted molar refractivity (Wildman–Crippen MR) is 139 cm³/mol. The maximum absolute atomic E-state index is 13.7. The largest absolute Gasteiger partial charge is 0.396 e. The van der Waals surface area contributed by atoms with Crippen LogP contribution in [-0.2, 0) is 14.3 Å². The molecule has 0 saturated carbocycles. The second-order valence-electron chi connectivity index (χ2n) is 9.99. The maximum Gasteiger partial charge on any atom is 0.230 e. The number of hydrogen-bond donors (Lipinski definition) is 3. The van der Waals surface area contributed by atoms with Gasteiger partial charge in [-0.05, 0) is 62.9 Å². The molecule has 1 amide bonds. The van der Waals surface area contributed by atoms with E-state index in [4.69, 9.17) is 24.5 Å². The molecule has 2 aromatic heterocycles. The first-order valence-electron chi connectivity index (χ1n) is 13.0. The Morgan fingerprint density at radius 1 is 1.16 bits per heavy atom. The molecule has 2 aliphatic rings. The highest BCUT2D eigenvalue weighted by Crippen LogP contribution is 2.36. The molecule has 4 heterocycles. The molecule has 3 N–H and O–H groups in total. The Kier molecular flexibility index (Phi) is 7.96. The van der Waals surface area contributed by atoms with Gasteiger partial charge in [0.05, 0.1) is 35.7 Å². The molecule has 0 radical (unpaired) electrons. The van der Waals surface area contributed by atoms with Crippen LogP contribution in [0.25, 0.3) is 22.6 Å². The third-order valence-electron chi connectivity index (χ3n) is 6.88. The maximum atomic E-state index is 13.7. The number of hydrogen-bond acceptors (Lipinski definition) is 8. The van der Waals surface area contributed by atoms with E-state index < -0.39 is 11.7 Å². The lowest BCUT2D eigenvalue weighted by Gasteiger charge is -2.35. The van der Waals surface area contributed by atoms with Gasteiger partial charge in [-0.1, -0.05) is 0 Å². The van der Waals surface area contributed by atoms with Crippen LogP contribution in [0.4, 0.5) is 10.3 Å². The fraction of sp³-hybridized carbons (Fsp3) is 0.481. The van der Waals surface area contributed by atoms with Gasteiger partial charge in [-0.3, -0.25) is 4.79 Å². The van der Waals surface area contributed by atoms with Crippen LogP contribution in [0.5, 0.6) is 0 Å². The smallest absolute Gasteiger partial charge is 0.230 e. The summed E-state index contributed by atoms with van der Waals surface area (Å²) in [6.45, 7) is 4.27. The van der Waals surface area contributed by atoms with Crippen molar-refractivity contribution >= 4 is 11.9 Å². The minimum absolute atomic E-state index is 0.00907. The minimum Gasteiger partial charge on any atom is -0.396 e. The van der Waals surface area contributed by atoms with Gasteiger partial charge in [0, 0.05) is 38.0 Å². The zero-order chi connectivity index (χ0) is 26.5. The van der Waals surface area contributed by atoms with Crippen molar-refractivity contribution in [1.29, 1.82) is 0 Å². The summed E-state index contributed by atoms with van der Waals surface area (Å²) < 4.78 is 25.6. The second kappa shape index (κ2) is 11.5. The molecule has 3 aromatic rings. The quantitative estimate of drug-likeness (QED) is 0.384. The van der Waals surface area contributed by atoms with E-state index in [9.17, 15) is 9.18 Å². The lowest BCUT2D eigenvalue weighted by Crippen LogP contribution is -2.48. The Bertz CT molecular complexity index is 1240.